The van der Waals surface area contributed by atoms with Gasteiger partial charge in [-0.2, -0.15) is 0 Å². The van der Waals surface area contributed by atoms with E-state index in [0.717, 1.165) is 0 Å². The molecule has 1 heterocycles. The first kappa shape index (κ1) is 7.21. The number of pyridine rings is 1. The standard InChI is InChI=1S/C6H4BrNO2/c7-4-1-2-8-5(3-9)6(4)10/h1-3,10H. The van der Waals surface area contributed by atoms with Crippen LogP contribution in [0.5, 0.6) is 5.75 Å². The van der Waals surface area contributed by atoms with Crippen molar-refractivity contribution in [3.63, 3.8) is 0 Å². The summed E-state index contributed by atoms with van der Waals surface area (Å²) < 4.78 is 0.476. The molecule has 0 bridgehead atoms. The van der Waals surface area contributed by atoms with Crippen LogP contribution in [0.2, 0.25) is 0 Å². The Balaban J connectivity index is 3.27. The monoisotopic (exact) mass is 201 g/mol. The number of carbonyl (C=O) groups is 1. The lowest BCUT2D eigenvalue weighted by Crippen LogP contribution is -1.86. The minimum Gasteiger partial charge on any atom is -0.504 e. The molecule has 0 aliphatic heterocycles. The predicted octanol–water partition coefficient (Wildman–Crippen LogP) is 1.36. The molecule has 1 rings (SSSR count). The van der Waals surface area contributed by atoms with Gasteiger partial charge in [0.05, 0.1) is 4.47 Å². The second-order valence-electron chi connectivity index (χ2n) is 1.64. The smallest absolute Gasteiger partial charge is 0.172 e. The molecule has 0 aliphatic rings. The Labute approximate surface area is 65.8 Å². The summed E-state index contributed by atoms with van der Waals surface area (Å²) in [7, 11) is 0. The minimum absolute atomic E-state index is 0.0503. The number of aldehydes is 1. The van der Waals surface area contributed by atoms with E-state index in [1.807, 2.05) is 0 Å². The molecule has 4 heteroatoms. The average molecular weight is 202 g/mol. The van der Waals surface area contributed by atoms with E-state index in [0.29, 0.717) is 10.8 Å². The van der Waals surface area contributed by atoms with Crippen LogP contribution < -0.4 is 0 Å². The second-order valence-corrected chi connectivity index (χ2v) is 2.50. The highest BCUT2D eigenvalue weighted by atomic mass is 79.9. The lowest BCUT2D eigenvalue weighted by atomic mass is 10.3. The molecule has 0 spiro atoms. The van der Waals surface area contributed by atoms with Crippen molar-refractivity contribution in [2.45, 2.75) is 0 Å². The Morgan fingerprint density at radius 1 is 1.70 bits per heavy atom. The van der Waals surface area contributed by atoms with E-state index < -0.39 is 0 Å². The van der Waals surface area contributed by atoms with Gasteiger partial charge in [-0.1, -0.05) is 0 Å². The maximum Gasteiger partial charge on any atom is 0.172 e. The summed E-state index contributed by atoms with van der Waals surface area (Å²) in [6.07, 6.45) is 1.94. The summed E-state index contributed by atoms with van der Waals surface area (Å²) in [4.78, 5) is 13.7. The van der Waals surface area contributed by atoms with Crippen LogP contribution in [-0.4, -0.2) is 16.4 Å². The Morgan fingerprint density at radius 3 is 2.90 bits per heavy atom. The molecule has 0 aromatic carbocycles. The van der Waals surface area contributed by atoms with Crippen LogP contribution in [0.1, 0.15) is 10.5 Å². The summed E-state index contributed by atoms with van der Waals surface area (Å²) in [6, 6.07) is 1.56. The lowest BCUT2D eigenvalue weighted by molar-refractivity contribution is 0.111. The number of rotatable bonds is 1. The lowest BCUT2D eigenvalue weighted by Gasteiger charge is -1.95. The van der Waals surface area contributed by atoms with Crippen LogP contribution in [0.4, 0.5) is 0 Å². The quantitative estimate of drug-likeness (QED) is 0.699. The third kappa shape index (κ3) is 1.16. The fourth-order valence-corrected chi connectivity index (χ4v) is 0.853. The molecule has 0 saturated heterocycles. The third-order valence-corrected chi connectivity index (χ3v) is 1.65. The molecular formula is C6H4BrNO2. The number of nitrogens with zero attached hydrogens (tertiary/aromatic N) is 1. The number of aromatic nitrogens is 1. The van der Waals surface area contributed by atoms with Crippen molar-refractivity contribution in [1.29, 1.82) is 0 Å². The summed E-state index contributed by atoms with van der Waals surface area (Å²) in [6.45, 7) is 0. The van der Waals surface area contributed by atoms with E-state index in [1.54, 1.807) is 6.07 Å². The van der Waals surface area contributed by atoms with Crippen molar-refractivity contribution in [3.05, 3.63) is 22.4 Å². The van der Waals surface area contributed by atoms with Gasteiger partial charge in [0.1, 0.15) is 5.69 Å². The van der Waals surface area contributed by atoms with Crippen molar-refractivity contribution in [3.8, 4) is 5.75 Å². The highest BCUT2D eigenvalue weighted by molar-refractivity contribution is 9.10. The molecule has 0 unspecified atom stereocenters. The van der Waals surface area contributed by atoms with Gasteiger partial charge < -0.3 is 5.11 Å². The molecule has 1 aromatic rings. The Kier molecular flexibility index (Phi) is 2.01. The first-order valence-electron chi connectivity index (χ1n) is 2.54. The van der Waals surface area contributed by atoms with Crippen molar-refractivity contribution in [2.24, 2.45) is 0 Å². The first-order valence-corrected chi connectivity index (χ1v) is 3.33. The van der Waals surface area contributed by atoms with Gasteiger partial charge >= 0.3 is 0 Å². The van der Waals surface area contributed by atoms with E-state index in [2.05, 4.69) is 20.9 Å². The number of halogens is 1. The van der Waals surface area contributed by atoms with Gasteiger partial charge in [-0.15, -0.1) is 0 Å². The number of hydrogen-bond donors (Lipinski definition) is 1. The van der Waals surface area contributed by atoms with E-state index in [1.165, 1.54) is 6.20 Å². The van der Waals surface area contributed by atoms with Crippen LogP contribution in [0.3, 0.4) is 0 Å². The molecule has 0 amide bonds. The summed E-state index contributed by atoms with van der Waals surface area (Å²) >= 11 is 3.04. The largest absolute Gasteiger partial charge is 0.504 e. The van der Waals surface area contributed by atoms with Crippen molar-refractivity contribution in [2.75, 3.05) is 0 Å². The van der Waals surface area contributed by atoms with Gasteiger partial charge in [0.15, 0.2) is 12.0 Å². The third-order valence-electron chi connectivity index (χ3n) is 1.01. The fourth-order valence-electron chi connectivity index (χ4n) is 0.532. The Morgan fingerprint density at radius 2 is 2.40 bits per heavy atom. The Hall–Kier alpha value is -0.900. The van der Waals surface area contributed by atoms with Gasteiger partial charge in [0.25, 0.3) is 0 Å². The van der Waals surface area contributed by atoms with Crippen molar-refractivity contribution in [1.82, 2.24) is 4.98 Å². The molecule has 3 nitrogen and oxygen atoms in total. The zero-order valence-electron chi connectivity index (χ0n) is 4.91. The minimum atomic E-state index is -0.113. The van der Waals surface area contributed by atoms with Crippen LogP contribution in [0.25, 0.3) is 0 Å². The number of carbonyl (C=O) groups excluding carboxylic acids is 1. The Bertz CT molecular complexity index is 262. The summed E-state index contributed by atoms with van der Waals surface area (Å²) in [5.41, 5.74) is 0.0503. The maximum atomic E-state index is 10.1. The van der Waals surface area contributed by atoms with Gasteiger partial charge in [-0.3, -0.25) is 4.79 Å². The molecule has 0 radical (unpaired) electrons. The number of hydrogen-bond acceptors (Lipinski definition) is 3. The molecular weight excluding hydrogens is 198 g/mol. The molecule has 0 fully saturated rings. The fraction of sp³-hybridized carbons (Fsp3) is 0. The highest BCUT2D eigenvalue weighted by Crippen LogP contribution is 2.23. The molecule has 0 atom stereocenters. The van der Waals surface area contributed by atoms with Gasteiger partial charge in [0.2, 0.25) is 0 Å². The first-order chi connectivity index (χ1) is 4.75. The molecule has 0 saturated carbocycles. The summed E-state index contributed by atoms with van der Waals surface area (Å²) in [5, 5.41) is 9.06. The van der Waals surface area contributed by atoms with E-state index in [4.69, 9.17) is 5.11 Å². The normalized spacial score (nSPS) is 9.30. The number of aromatic hydroxyl groups is 1. The molecule has 52 valence electrons. The van der Waals surface area contributed by atoms with Gasteiger partial charge in [-0.25, -0.2) is 4.98 Å². The van der Waals surface area contributed by atoms with Crippen LogP contribution in [0.15, 0.2) is 16.7 Å². The molecule has 10 heavy (non-hydrogen) atoms. The van der Waals surface area contributed by atoms with Gasteiger partial charge in [-0.05, 0) is 22.0 Å². The topological polar surface area (TPSA) is 50.2 Å². The van der Waals surface area contributed by atoms with Crippen LogP contribution >= 0.6 is 15.9 Å². The second kappa shape index (κ2) is 2.79. The summed E-state index contributed by atoms with van der Waals surface area (Å²) in [5.74, 6) is -0.113. The van der Waals surface area contributed by atoms with Crippen LogP contribution in [-0.2, 0) is 0 Å². The predicted molar refractivity (Wildman–Crippen MR) is 39.0 cm³/mol. The molecule has 0 aliphatic carbocycles. The van der Waals surface area contributed by atoms with E-state index in [-0.39, 0.29) is 11.4 Å². The highest BCUT2D eigenvalue weighted by Gasteiger charge is 2.02. The molecule has 1 N–H and O–H groups in total. The SMILES string of the molecule is O=Cc1nccc(Br)c1O. The maximum absolute atomic E-state index is 10.1. The van der Waals surface area contributed by atoms with E-state index >= 15 is 0 Å². The van der Waals surface area contributed by atoms with Crippen molar-refractivity contribution < 1.29 is 9.90 Å². The average Bonchev–Trinajstić information content (AvgIpc) is 1.95. The zero-order chi connectivity index (χ0) is 7.56. The molecule has 1 aromatic heterocycles. The van der Waals surface area contributed by atoms with Crippen LogP contribution in [0, 0.1) is 0 Å². The zero-order valence-corrected chi connectivity index (χ0v) is 6.50. The van der Waals surface area contributed by atoms with E-state index in [9.17, 15) is 4.79 Å². The van der Waals surface area contributed by atoms with Gasteiger partial charge in [0, 0.05) is 6.20 Å². The van der Waals surface area contributed by atoms with Crippen molar-refractivity contribution >= 4 is 22.2 Å².